The van der Waals surface area contributed by atoms with Crippen LogP contribution in [0.2, 0.25) is 0 Å². The van der Waals surface area contributed by atoms with Crippen LogP contribution in [0.5, 0.6) is 0 Å². The fourth-order valence-electron chi connectivity index (χ4n) is 2.74. The molecule has 0 bridgehead atoms. The molecule has 24 heavy (non-hydrogen) atoms. The smallest absolute Gasteiger partial charge is 0.248 e. The van der Waals surface area contributed by atoms with Gasteiger partial charge in [-0.25, -0.2) is 0 Å². The van der Waals surface area contributed by atoms with E-state index in [9.17, 15) is 4.79 Å². The van der Waals surface area contributed by atoms with Gasteiger partial charge in [-0.15, -0.1) is 5.10 Å². The Morgan fingerprint density at radius 3 is 2.88 bits per heavy atom. The number of rotatable bonds is 5. The van der Waals surface area contributed by atoms with Crippen LogP contribution in [0.15, 0.2) is 30.6 Å². The van der Waals surface area contributed by atoms with Crippen LogP contribution in [0.25, 0.3) is 0 Å². The third kappa shape index (κ3) is 4.08. The average Bonchev–Trinajstić information content (AvgIpc) is 2.87. The maximum absolute atomic E-state index is 12.3. The zero-order chi connectivity index (χ0) is 16.8. The van der Waals surface area contributed by atoms with Crippen LogP contribution in [0.3, 0.4) is 0 Å². The minimum absolute atomic E-state index is 0.0261. The van der Waals surface area contributed by atoms with Crippen molar-refractivity contribution in [1.82, 2.24) is 24.9 Å². The van der Waals surface area contributed by atoms with Gasteiger partial charge in [-0.05, 0) is 24.6 Å². The van der Waals surface area contributed by atoms with E-state index in [1.165, 1.54) is 0 Å². The van der Waals surface area contributed by atoms with Crippen LogP contribution < -0.4 is 4.90 Å². The highest BCUT2D eigenvalue weighted by Crippen LogP contribution is 2.12. The Balaban J connectivity index is 1.47. The molecule has 3 heterocycles. The van der Waals surface area contributed by atoms with E-state index in [1.54, 1.807) is 17.1 Å². The summed E-state index contributed by atoms with van der Waals surface area (Å²) in [5.74, 6) is 0.887. The van der Waals surface area contributed by atoms with Gasteiger partial charge < -0.3 is 14.5 Å². The number of ether oxygens (including phenoxy) is 1. The second-order valence-electron chi connectivity index (χ2n) is 5.74. The van der Waals surface area contributed by atoms with Gasteiger partial charge in [0.25, 0.3) is 0 Å². The lowest BCUT2D eigenvalue weighted by Gasteiger charge is -2.22. The quantitative estimate of drug-likeness (QED) is 0.793. The van der Waals surface area contributed by atoms with Crippen LogP contribution in [-0.2, 0) is 23.2 Å². The Morgan fingerprint density at radius 2 is 2.12 bits per heavy atom. The van der Waals surface area contributed by atoms with Gasteiger partial charge in [0.05, 0.1) is 12.3 Å². The van der Waals surface area contributed by atoms with Gasteiger partial charge in [0.1, 0.15) is 6.61 Å². The highest BCUT2D eigenvalue weighted by Gasteiger charge is 2.20. The van der Waals surface area contributed by atoms with Crippen molar-refractivity contribution in [2.45, 2.75) is 13.0 Å². The first-order chi connectivity index (χ1) is 11.7. The number of aryl methyl sites for hydroxylation is 1. The molecule has 8 heteroatoms. The topological polar surface area (TPSA) is 76.4 Å². The fraction of sp³-hybridized carbons (Fsp3) is 0.500. The molecule has 0 N–H and O–H groups in total. The highest BCUT2D eigenvalue weighted by atomic mass is 16.5. The monoisotopic (exact) mass is 330 g/mol. The molecule has 1 aliphatic heterocycles. The van der Waals surface area contributed by atoms with Gasteiger partial charge in [0, 0.05) is 45.6 Å². The second-order valence-corrected chi connectivity index (χ2v) is 5.74. The molecule has 0 aliphatic carbocycles. The summed E-state index contributed by atoms with van der Waals surface area (Å²) >= 11 is 0. The molecule has 0 saturated carbocycles. The van der Waals surface area contributed by atoms with E-state index in [-0.39, 0.29) is 12.5 Å². The van der Waals surface area contributed by atoms with E-state index in [2.05, 4.69) is 20.2 Å². The lowest BCUT2D eigenvalue weighted by Crippen LogP contribution is -2.37. The predicted molar refractivity (Wildman–Crippen MR) is 88.3 cm³/mol. The maximum atomic E-state index is 12.3. The van der Waals surface area contributed by atoms with E-state index >= 15 is 0 Å². The number of anilines is 1. The van der Waals surface area contributed by atoms with Gasteiger partial charge in [-0.1, -0.05) is 0 Å². The van der Waals surface area contributed by atoms with E-state index < -0.39 is 0 Å². The van der Waals surface area contributed by atoms with Crippen LogP contribution in [0.4, 0.5) is 5.82 Å². The molecule has 0 radical (unpaired) electrons. The lowest BCUT2D eigenvalue weighted by atomic mass is 10.3. The highest BCUT2D eigenvalue weighted by molar-refractivity contribution is 5.77. The number of amides is 1. The van der Waals surface area contributed by atoms with Crippen LogP contribution in [0.1, 0.15) is 12.1 Å². The first-order valence-electron chi connectivity index (χ1n) is 8.09. The summed E-state index contributed by atoms with van der Waals surface area (Å²) in [6.07, 6.45) is 4.29. The summed E-state index contributed by atoms with van der Waals surface area (Å²) in [5.41, 5.74) is 0.951. The van der Waals surface area contributed by atoms with Crippen molar-refractivity contribution >= 4 is 11.7 Å². The summed E-state index contributed by atoms with van der Waals surface area (Å²) < 4.78 is 7.28. The number of aromatic nitrogens is 4. The summed E-state index contributed by atoms with van der Waals surface area (Å²) in [4.78, 5) is 16.4. The Labute approximate surface area is 141 Å². The Hall–Kier alpha value is -2.48. The summed E-state index contributed by atoms with van der Waals surface area (Å²) in [6, 6.07) is 5.71. The van der Waals surface area contributed by atoms with E-state index in [1.807, 2.05) is 30.1 Å². The second kappa shape index (κ2) is 7.87. The molecule has 2 aromatic heterocycles. The Morgan fingerprint density at radius 1 is 1.21 bits per heavy atom. The molecule has 0 spiro atoms. The molecular formula is C16H22N6O2. The van der Waals surface area contributed by atoms with Crippen LogP contribution >= 0.6 is 0 Å². The Bertz CT molecular complexity index is 660. The standard InChI is InChI=1S/C16H22N6O2/c1-20-14(5-7-18-20)12-24-13-16(23)22-9-3-8-21(10-11-22)15-4-2-6-17-19-15/h2,4-7H,3,8-13H2,1H3. The van der Waals surface area contributed by atoms with Crippen LogP contribution in [0, 0.1) is 0 Å². The zero-order valence-corrected chi connectivity index (χ0v) is 13.8. The van der Waals surface area contributed by atoms with Crippen molar-refractivity contribution < 1.29 is 9.53 Å². The van der Waals surface area contributed by atoms with E-state index in [4.69, 9.17) is 4.74 Å². The molecule has 1 amide bonds. The molecule has 0 atom stereocenters. The van der Waals surface area contributed by atoms with Crippen molar-refractivity contribution in [3.05, 3.63) is 36.3 Å². The molecular weight excluding hydrogens is 308 g/mol. The molecule has 0 aromatic carbocycles. The van der Waals surface area contributed by atoms with Crippen molar-refractivity contribution in [3.8, 4) is 0 Å². The number of carbonyl (C=O) groups excluding carboxylic acids is 1. The van der Waals surface area contributed by atoms with E-state index in [0.717, 1.165) is 37.6 Å². The zero-order valence-electron chi connectivity index (χ0n) is 13.8. The summed E-state index contributed by atoms with van der Waals surface area (Å²) in [6.45, 7) is 3.53. The molecule has 1 aliphatic rings. The molecule has 3 rings (SSSR count). The predicted octanol–water partition coefficient (Wildman–Crippen LogP) is 0.466. The third-order valence-corrected chi connectivity index (χ3v) is 4.13. The number of nitrogens with zero attached hydrogens (tertiary/aromatic N) is 6. The number of hydrogen-bond donors (Lipinski definition) is 0. The van der Waals surface area contributed by atoms with Gasteiger partial charge in [0.15, 0.2) is 5.82 Å². The first kappa shape index (κ1) is 16.4. The molecule has 128 valence electrons. The maximum Gasteiger partial charge on any atom is 0.248 e. The van der Waals surface area contributed by atoms with Crippen molar-refractivity contribution in [1.29, 1.82) is 0 Å². The van der Waals surface area contributed by atoms with Crippen molar-refractivity contribution in [2.24, 2.45) is 7.05 Å². The third-order valence-electron chi connectivity index (χ3n) is 4.13. The minimum atomic E-state index is 0.0261. The van der Waals surface area contributed by atoms with Crippen molar-refractivity contribution in [3.63, 3.8) is 0 Å². The van der Waals surface area contributed by atoms with Crippen molar-refractivity contribution in [2.75, 3.05) is 37.7 Å². The number of hydrogen-bond acceptors (Lipinski definition) is 6. The molecule has 2 aromatic rings. The largest absolute Gasteiger partial charge is 0.365 e. The van der Waals surface area contributed by atoms with E-state index in [0.29, 0.717) is 13.2 Å². The molecule has 1 fully saturated rings. The van der Waals surface area contributed by atoms with Gasteiger partial charge >= 0.3 is 0 Å². The molecule has 1 saturated heterocycles. The summed E-state index contributed by atoms with van der Waals surface area (Å²) in [5, 5.41) is 12.1. The van der Waals surface area contributed by atoms with Crippen LogP contribution in [-0.4, -0.2) is 63.6 Å². The van der Waals surface area contributed by atoms with Gasteiger partial charge in [-0.2, -0.15) is 10.2 Å². The SMILES string of the molecule is Cn1nccc1COCC(=O)N1CCCN(c2cccnn2)CC1. The minimum Gasteiger partial charge on any atom is -0.365 e. The average molecular weight is 330 g/mol. The molecule has 8 nitrogen and oxygen atoms in total. The lowest BCUT2D eigenvalue weighted by molar-refractivity contribution is -0.136. The first-order valence-corrected chi connectivity index (χ1v) is 8.09. The van der Waals surface area contributed by atoms with Gasteiger partial charge in [-0.3, -0.25) is 9.48 Å². The summed E-state index contributed by atoms with van der Waals surface area (Å²) in [7, 11) is 1.86. The Kier molecular flexibility index (Phi) is 5.37. The fourth-order valence-corrected chi connectivity index (χ4v) is 2.74. The number of carbonyl (C=O) groups is 1. The van der Waals surface area contributed by atoms with Gasteiger partial charge in [0.2, 0.25) is 5.91 Å². The molecule has 0 unspecified atom stereocenters. The normalized spacial score (nSPS) is 15.4.